The molecule has 2 aromatic carbocycles. The van der Waals surface area contributed by atoms with Crippen LogP contribution in [0.1, 0.15) is 24.4 Å². The monoisotopic (exact) mass is 448 g/mol. The molecule has 0 bridgehead atoms. The van der Waals surface area contributed by atoms with Crippen molar-refractivity contribution in [2.24, 2.45) is 0 Å². The Morgan fingerprint density at radius 3 is 2.67 bits per heavy atom. The fourth-order valence-corrected chi connectivity index (χ4v) is 3.47. The average molecular weight is 448 g/mol. The number of likely N-dealkylation sites (N-methyl/N-ethyl adjacent to an activating group) is 1. The van der Waals surface area contributed by atoms with Crippen molar-refractivity contribution in [3.05, 3.63) is 96.7 Å². The zero-order chi connectivity index (χ0) is 23.5. The van der Waals surface area contributed by atoms with E-state index in [9.17, 15) is 13.6 Å². The van der Waals surface area contributed by atoms with E-state index in [1.807, 2.05) is 41.8 Å². The van der Waals surface area contributed by atoms with Gasteiger partial charge >= 0.3 is 0 Å². The van der Waals surface area contributed by atoms with E-state index in [0.717, 1.165) is 34.5 Å². The van der Waals surface area contributed by atoms with Crippen molar-refractivity contribution in [3.63, 3.8) is 0 Å². The maximum absolute atomic E-state index is 13.4. The highest BCUT2D eigenvalue weighted by Crippen LogP contribution is 2.29. The van der Waals surface area contributed by atoms with Gasteiger partial charge in [-0.05, 0) is 30.7 Å². The third kappa shape index (κ3) is 4.45. The molecule has 0 aliphatic carbocycles. The third-order valence-electron chi connectivity index (χ3n) is 5.47. The number of carbonyl (C=O) groups is 1. The predicted octanol–water partition coefficient (Wildman–Crippen LogP) is 4.96. The summed E-state index contributed by atoms with van der Waals surface area (Å²) in [6.07, 6.45) is 6.49. The van der Waals surface area contributed by atoms with Gasteiger partial charge in [0.2, 0.25) is 5.91 Å². The molecule has 0 unspecified atom stereocenters. The molecule has 0 aliphatic rings. The number of nitrogens with zero attached hydrogens (tertiary/aromatic N) is 4. The summed E-state index contributed by atoms with van der Waals surface area (Å²) in [7, 11) is 1.71. The summed E-state index contributed by atoms with van der Waals surface area (Å²) in [6.45, 7) is 5.65. The number of rotatable bonds is 7. The van der Waals surface area contributed by atoms with Crippen LogP contribution in [0.4, 0.5) is 8.78 Å². The van der Waals surface area contributed by atoms with Crippen LogP contribution in [0, 0.1) is 11.6 Å². The fourth-order valence-electron chi connectivity index (χ4n) is 3.47. The Kier molecular flexibility index (Phi) is 6.17. The van der Waals surface area contributed by atoms with E-state index < -0.39 is 11.6 Å². The molecule has 2 aromatic heterocycles. The van der Waals surface area contributed by atoms with Crippen LogP contribution in [-0.2, 0) is 11.4 Å². The second-order valence-electron chi connectivity index (χ2n) is 7.54. The number of halogens is 2. The smallest absolute Gasteiger partial charge is 0.246 e. The number of hydrogen-bond donors (Lipinski definition) is 0. The van der Waals surface area contributed by atoms with Crippen molar-refractivity contribution < 1.29 is 18.3 Å². The SMILES string of the molecule is C=CC(=O)N(C)[C@@H](C)c1nc(-c2ccc(COc3ccc(F)c(F)c3)cc2)c2cnccn12. The van der Waals surface area contributed by atoms with Crippen molar-refractivity contribution in [1.29, 1.82) is 0 Å². The van der Waals surface area contributed by atoms with Crippen molar-refractivity contribution in [1.82, 2.24) is 19.3 Å². The van der Waals surface area contributed by atoms with E-state index in [1.165, 1.54) is 12.1 Å². The summed E-state index contributed by atoms with van der Waals surface area (Å²) in [4.78, 5) is 22.7. The molecule has 1 amide bonds. The summed E-state index contributed by atoms with van der Waals surface area (Å²) in [5, 5.41) is 0. The van der Waals surface area contributed by atoms with Crippen LogP contribution in [0.3, 0.4) is 0 Å². The van der Waals surface area contributed by atoms with Gasteiger partial charge in [0, 0.05) is 31.1 Å². The highest BCUT2D eigenvalue weighted by atomic mass is 19.2. The number of aromatic nitrogens is 3. The molecule has 0 radical (unpaired) electrons. The molecular weight excluding hydrogens is 426 g/mol. The maximum Gasteiger partial charge on any atom is 0.246 e. The molecule has 0 saturated carbocycles. The Morgan fingerprint density at radius 1 is 1.21 bits per heavy atom. The number of fused-ring (bicyclic) bond motifs is 1. The lowest BCUT2D eigenvalue weighted by molar-refractivity contribution is -0.126. The molecule has 0 aliphatic heterocycles. The molecule has 8 heteroatoms. The lowest BCUT2D eigenvalue weighted by atomic mass is 10.1. The molecule has 33 heavy (non-hydrogen) atoms. The molecule has 0 spiro atoms. The van der Waals surface area contributed by atoms with Crippen LogP contribution in [0.2, 0.25) is 0 Å². The molecule has 6 nitrogen and oxygen atoms in total. The normalized spacial score (nSPS) is 11.9. The Hall–Kier alpha value is -4.07. The van der Waals surface area contributed by atoms with Crippen molar-refractivity contribution in [2.75, 3.05) is 7.05 Å². The van der Waals surface area contributed by atoms with E-state index in [2.05, 4.69) is 11.6 Å². The number of imidazole rings is 1. The topological polar surface area (TPSA) is 59.7 Å². The lowest BCUT2D eigenvalue weighted by Crippen LogP contribution is -2.29. The first kappa shape index (κ1) is 22.1. The first-order chi connectivity index (χ1) is 15.9. The van der Waals surface area contributed by atoms with Gasteiger partial charge in [-0.25, -0.2) is 13.8 Å². The quantitative estimate of drug-likeness (QED) is 0.375. The van der Waals surface area contributed by atoms with Gasteiger partial charge in [-0.3, -0.25) is 14.2 Å². The Labute approximate surface area is 189 Å². The molecule has 1 atom stereocenters. The van der Waals surface area contributed by atoms with Crippen molar-refractivity contribution >= 4 is 11.4 Å². The molecule has 0 N–H and O–H groups in total. The number of carbonyl (C=O) groups excluding carboxylic acids is 1. The second-order valence-corrected chi connectivity index (χ2v) is 7.54. The Bertz CT molecular complexity index is 1320. The summed E-state index contributed by atoms with van der Waals surface area (Å²) in [6, 6.07) is 10.7. The third-order valence-corrected chi connectivity index (χ3v) is 5.47. The van der Waals surface area contributed by atoms with Crippen LogP contribution in [-0.4, -0.2) is 32.2 Å². The van der Waals surface area contributed by atoms with Gasteiger partial charge < -0.3 is 9.64 Å². The Balaban J connectivity index is 1.59. The number of ether oxygens (including phenoxy) is 1. The minimum Gasteiger partial charge on any atom is -0.489 e. The van der Waals surface area contributed by atoms with E-state index in [4.69, 9.17) is 9.72 Å². The summed E-state index contributed by atoms with van der Waals surface area (Å²) >= 11 is 0. The van der Waals surface area contributed by atoms with E-state index in [1.54, 1.807) is 24.3 Å². The summed E-state index contributed by atoms with van der Waals surface area (Å²) in [5.74, 6) is -1.11. The van der Waals surface area contributed by atoms with Gasteiger partial charge in [-0.2, -0.15) is 0 Å². The number of benzene rings is 2. The molecule has 0 fully saturated rings. The molecule has 2 heterocycles. The Morgan fingerprint density at radius 2 is 1.97 bits per heavy atom. The molecule has 4 aromatic rings. The van der Waals surface area contributed by atoms with Crippen molar-refractivity contribution in [2.45, 2.75) is 19.6 Å². The van der Waals surface area contributed by atoms with E-state index in [0.29, 0.717) is 5.82 Å². The van der Waals surface area contributed by atoms with Gasteiger partial charge in [0.05, 0.1) is 23.4 Å². The van der Waals surface area contributed by atoms with Gasteiger partial charge in [0.15, 0.2) is 11.6 Å². The zero-order valence-corrected chi connectivity index (χ0v) is 18.2. The number of amides is 1. The van der Waals surface area contributed by atoms with Crippen LogP contribution in [0.5, 0.6) is 5.75 Å². The van der Waals surface area contributed by atoms with Gasteiger partial charge in [0.25, 0.3) is 0 Å². The maximum atomic E-state index is 13.4. The van der Waals surface area contributed by atoms with Crippen LogP contribution in [0.15, 0.2) is 73.7 Å². The molecule has 4 rings (SSSR count). The van der Waals surface area contributed by atoms with Gasteiger partial charge in [-0.15, -0.1) is 0 Å². The molecule has 168 valence electrons. The van der Waals surface area contributed by atoms with Crippen molar-refractivity contribution in [3.8, 4) is 17.0 Å². The van der Waals surface area contributed by atoms with Crippen LogP contribution in [0.25, 0.3) is 16.8 Å². The average Bonchev–Trinajstić information content (AvgIpc) is 3.23. The minimum absolute atomic E-state index is 0.194. The van der Waals surface area contributed by atoms with Crippen LogP contribution < -0.4 is 4.74 Å². The lowest BCUT2D eigenvalue weighted by Gasteiger charge is -2.22. The first-order valence-corrected chi connectivity index (χ1v) is 10.3. The van der Waals surface area contributed by atoms with Crippen LogP contribution >= 0.6 is 0 Å². The van der Waals surface area contributed by atoms with Gasteiger partial charge in [-0.1, -0.05) is 30.8 Å². The largest absolute Gasteiger partial charge is 0.489 e. The van der Waals surface area contributed by atoms with Gasteiger partial charge in [0.1, 0.15) is 18.2 Å². The van der Waals surface area contributed by atoms with E-state index in [-0.39, 0.29) is 24.3 Å². The molecule has 0 saturated heterocycles. The second kappa shape index (κ2) is 9.20. The summed E-state index contributed by atoms with van der Waals surface area (Å²) in [5.41, 5.74) is 3.27. The van der Waals surface area contributed by atoms with E-state index >= 15 is 0 Å². The first-order valence-electron chi connectivity index (χ1n) is 10.3. The minimum atomic E-state index is -0.950. The number of hydrogen-bond acceptors (Lipinski definition) is 4. The standard InChI is InChI=1S/C25H22F2N4O2/c1-4-23(32)30(3)16(2)25-29-24(22-14-28-11-12-31(22)25)18-7-5-17(6-8-18)15-33-19-9-10-20(26)21(27)13-19/h4-14,16H,1,15H2,2-3H3/t16-/m0/s1. The highest BCUT2D eigenvalue weighted by molar-refractivity contribution is 5.87. The zero-order valence-electron chi connectivity index (χ0n) is 18.2. The highest BCUT2D eigenvalue weighted by Gasteiger charge is 2.22. The fraction of sp³-hybridized carbons (Fsp3) is 0.160. The molecular formula is C25H22F2N4O2. The predicted molar refractivity (Wildman–Crippen MR) is 120 cm³/mol. The summed E-state index contributed by atoms with van der Waals surface area (Å²) < 4.78 is 33.9.